The van der Waals surface area contributed by atoms with Gasteiger partial charge >= 0.3 is 0 Å². The lowest BCUT2D eigenvalue weighted by Crippen LogP contribution is -2.09. The minimum Gasteiger partial charge on any atom is -0.399 e. The smallest absolute Gasteiger partial charge is 0.127 e. The van der Waals surface area contributed by atoms with Crippen LogP contribution in [0.1, 0.15) is 29.2 Å². The quantitative estimate of drug-likeness (QED) is 0.694. The molecule has 0 saturated carbocycles. The Morgan fingerprint density at radius 2 is 2.05 bits per heavy atom. The maximum Gasteiger partial charge on any atom is 0.127 e. The van der Waals surface area contributed by atoms with E-state index in [0.29, 0.717) is 6.04 Å². The lowest BCUT2D eigenvalue weighted by Gasteiger charge is -2.17. The van der Waals surface area contributed by atoms with Gasteiger partial charge in [0.15, 0.2) is 0 Å². The minimum absolute atomic E-state index is 0.356. The second-order valence-electron chi connectivity index (χ2n) is 6.03. The molecule has 0 saturated heterocycles. The van der Waals surface area contributed by atoms with Crippen molar-refractivity contribution in [1.82, 2.24) is 4.98 Å². The molecule has 4 rings (SSSR count). The van der Waals surface area contributed by atoms with E-state index in [2.05, 4.69) is 36.5 Å². The Bertz CT molecular complexity index is 854. The molecule has 1 aliphatic carbocycles. The summed E-state index contributed by atoms with van der Waals surface area (Å²) in [6, 6.07) is 16.9. The van der Waals surface area contributed by atoms with Crippen LogP contribution in [0, 0.1) is 6.92 Å². The van der Waals surface area contributed by atoms with Crippen molar-refractivity contribution in [3.8, 4) is 0 Å². The number of pyridine rings is 1. The van der Waals surface area contributed by atoms with Gasteiger partial charge in [-0.1, -0.05) is 18.2 Å². The summed E-state index contributed by atoms with van der Waals surface area (Å²) in [4.78, 5) is 4.72. The lowest BCUT2D eigenvalue weighted by molar-refractivity contribution is 0.755. The molecule has 0 aliphatic heterocycles. The second-order valence-corrected chi connectivity index (χ2v) is 6.03. The predicted octanol–water partition coefficient (Wildman–Crippen LogP) is 4.22. The third-order valence-corrected chi connectivity index (χ3v) is 4.50. The molecule has 110 valence electrons. The Kier molecular flexibility index (Phi) is 3.00. The van der Waals surface area contributed by atoms with Crippen molar-refractivity contribution in [2.75, 3.05) is 11.1 Å². The number of aromatic nitrogens is 1. The van der Waals surface area contributed by atoms with Crippen LogP contribution < -0.4 is 11.1 Å². The van der Waals surface area contributed by atoms with Gasteiger partial charge in [-0.25, -0.2) is 4.98 Å². The highest BCUT2D eigenvalue weighted by Crippen LogP contribution is 2.35. The number of anilines is 2. The molecule has 1 atom stereocenters. The van der Waals surface area contributed by atoms with E-state index in [-0.39, 0.29) is 0 Å². The van der Waals surface area contributed by atoms with Crippen molar-refractivity contribution in [1.29, 1.82) is 0 Å². The van der Waals surface area contributed by atoms with Crippen molar-refractivity contribution < 1.29 is 0 Å². The fourth-order valence-corrected chi connectivity index (χ4v) is 3.45. The molecule has 0 amide bonds. The van der Waals surface area contributed by atoms with E-state index in [1.165, 1.54) is 16.7 Å². The molecule has 0 radical (unpaired) electrons. The third-order valence-electron chi connectivity index (χ3n) is 4.50. The summed E-state index contributed by atoms with van der Waals surface area (Å²) < 4.78 is 0. The molecule has 3 aromatic rings. The van der Waals surface area contributed by atoms with Crippen LogP contribution in [0.2, 0.25) is 0 Å². The van der Waals surface area contributed by atoms with Crippen molar-refractivity contribution in [2.45, 2.75) is 25.8 Å². The Morgan fingerprint density at radius 1 is 1.14 bits per heavy atom. The molecule has 3 nitrogen and oxygen atoms in total. The number of rotatable bonds is 2. The van der Waals surface area contributed by atoms with Crippen LogP contribution in [0.3, 0.4) is 0 Å². The highest BCUT2D eigenvalue weighted by molar-refractivity contribution is 5.83. The normalized spacial score (nSPS) is 16.7. The van der Waals surface area contributed by atoms with Gasteiger partial charge in [-0.15, -0.1) is 0 Å². The highest BCUT2D eigenvalue weighted by atomic mass is 15.0. The summed E-state index contributed by atoms with van der Waals surface area (Å²) in [6.07, 6.45) is 2.26. The van der Waals surface area contributed by atoms with Crippen molar-refractivity contribution in [3.63, 3.8) is 0 Å². The molecule has 1 aromatic heterocycles. The summed E-state index contributed by atoms with van der Waals surface area (Å²) in [5, 5.41) is 4.68. The molecule has 0 fully saturated rings. The van der Waals surface area contributed by atoms with Gasteiger partial charge in [0.2, 0.25) is 0 Å². The van der Waals surface area contributed by atoms with E-state index in [9.17, 15) is 0 Å². The number of nitrogens with two attached hydrogens (primary N) is 1. The first-order valence-electron chi connectivity index (χ1n) is 7.72. The first kappa shape index (κ1) is 13.1. The zero-order chi connectivity index (χ0) is 15.1. The van der Waals surface area contributed by atoms with Crippen molar-refractivity contribution in [2.24, 2.45) is 0 Å². The molecule has 1 unspecified atom stereocenters. The average Bonchev–Trinajstić information content (AvgIpc) is 2.92. The number of fused-ring (bicyclic) bond motifs is 2. The maximum atomic E-state index is 5.82. The number of hydrogen-bond donors (Lipinski definition) is 2. The molecular weight excluding hydrogens is 270 g/mol. The Hall–Kier alpha value is -2.55. The Morgan fingerprint density at radius 3 is 2.95 bits per heavy atom. The number of aryl methyl sites for hydroxylation is 2. The molecule has 3 heteroatoms. The average molecular weight is 289 g/mol. The minimum atomic E-state index is 0.356. The van der Waals surface area contributed by atoms with E-state index in [1.807, 2.05) is 24.3 Å². The summed E-state index contributed by atoms with van der Waals surface area (Å²) in [5.74, 6) is 0.929. The fraction of sp³-hybridized carbons (Fsp3) is 0.211. The monoisotopic (exact) mass is 289 g/mol. The lowest BCUT2D eigenvalue weighted by atomic mass is 10.0. The predicted molar refractivity (Wildman–Crippen MR) is 92.0 cm³/mol. The van der Waals surface area contributed by atoms with Crippen LogP contribution in [-0.4, -0.2) is 4.98 Å². The molecule has 22 heavy (non-hydrogen) atoms. The SMILES string of the molecule is Cc1cccc2c1C(Nc1ccc3cc(N)ccc3n1)CC2. The summed E-state index contributed by atoms with van der Waals surface area (Å²) in [7, 11) is 0. The van der Waals surface area contributed by atoms with Gasteiger partial charge in [0.1, 0.15) is 5.82 Å². The standard InChI is InChI=1S/C19H19N3/c1-12-3-2-4-13-5-8-17(19(12)13)22-18-10-6-14-11-15(20)7-9-16(14)21-18/h2-4,6-7,9-11,17H,5,8,20H2,1H3,(H,21,22). The number of benzene rings is 2. The molecule has 1 heterocycles. The zero-order valence-corrected chi connectivity index (χ0v) is 12.6. The van der Waals surface area contributed by atoms with E-state index < -0.39 is 0 Å². The molecule has 2 aromatic carbocycles. The maximum absolute atomic E-state index is 5.82. The Labute approximate surface area is 130 Å². The number of nitrogens with zero attached hydrogens (tertiary/aromatic N) is 1. The molecule has 0 bridgehead atoms. The summed E-state index contributed by atoms with van der Waals surface area (Å²) in [5.41, 5.74) is 11.8. The van der Waals surface area contributed by atoms with Gasteiger partial charge in [0.05, 0.1) is 11.6 Å². The fourth-order valence-electron chi connectivity index (χ4n) is 3.45. The third kappa shape index (κ3) is 2.19. The molecule has 0 spiro atoms. The van der Waals surface area contributed by atoms with Crippen LogP contribution in [0.25, 0.3) is 10.9 Å². The van der Waals surface area contributed by atoms with E-state index >= 15 is 0 Å². The van der Waals surface area contributed by atoms with Crippen molar-refractivity contribution >= 4 is 22.4 Å². The number of nitrogen functional groups attached to an aromatic ring is 1. The topological polar surface area (TPSA) is 50.9 Å². The van der Waals surface area contributed by atoms with Crippen LogP contribution in [0.15, 0.2) is 48.5 Å². The van der Waals surface area contributed by atoms with Crippen LogP contribution in [-0.2, 0) is 6.42 Å². The highest BCUT2D eigenvalue weighted by Gasteiger charge is 2.24. The first-order valence-corrected chi connectivity index (χ1v) is 7.72. The zero-order valence-electron chi connectivity index (χ0n) is 12.6. The van der Waals surface area contributed by atoms with E-state index in [0.717, 1.165) is 35.2 Å². The number of hydrogen-bond acceptors (Lipinski definition) is 3. The van der Waals surface area contributed by atoms with Crippen LogP contribution >= 0.6 is 0 Å². The Balaban J connectivity index is 1.67. The summed E-state index contributed by atoms with van der Waals surface area (Å²) >= 11 is 0. The molecular formula is C19H19N3. The van der Waals surface area contributed by atoms with E-state index in [1.54, 1.807) is 0 Å². The molecule has 1 aliphatic rings. The molecule has 3 N–H and O–H groups in total. The van der Waals surface area contributed by atoms with Crippen LogP contribution in [0.4, 0.5) is 11.5 Å². The van der Waals surface area contributed by atoms with Gasteiger partial charge in [-0.2, -0.15) is 0 Å². The first-order chi connectivity index (χ1) is 10.7. The van der Waals surface area contributed by atoms with Gasteiger partial charge in [0, 0.05) is 11.1 Å². The number of nitrogens with one attached hydrogen (secondary N) is 1. The van der Waals surface area contributed by atoms with E-state index in [4.69, 9.17) is 10.7 Å². The van der Waals surface area contributed by atoms with Crippen LogP contribution in [0.5, 0.6) is 0 Å². The second kappa shape index (κ2) is 5.02. The summed E-state index contributed by atoms with van der Waals surface area (Å²) in [6.45, 7) is 2.19. The van der Waals surface area contributed by atoms with Gasteiger partial charge < -0.3 is 11.1 Å². The van der Waals surface area contributed by atoms with Gasteiger partial charge in [-0.3, -0.25) is 0 Å². The van der Waals surface area contributed by atoms with Crippen molar-refractivity contribution in [3.05, 3.63) is 65.2 Å². The van der Waals surface area contributed by atoms with Gasteiger partial charge in [-0.05, 0) is 66.8 Å². The largest absolute Gasteiger partial charge is 0.399 e. The van der Waals surface area contributed by atoms with Gasteiger partial charge in [0.25, 0.3) is 0 Å².